The van der Waals surface area contributed by atoms with Crippen molar-refractivity contribution in [3.8, 4) is 11.5 Å². The van der Waals surface area contributed by atoms with Gasteiger partial charge in [-0.05, 0) is 37.1 Å². The summed E-state index contributed by atoms with van der Waals surface area (Å²) in [5.74, 6) is -0.228. The summed E-state index contributed by atoms with van der Waals surface area (Å²) < 4.78 is 0. The van der Waals surface area contributed by atoms with E-state index in [4.69, 9.17) is 0 Å². The molecule has 0 aliphatic carbocycles. The quantitative estimate of drug-likeness (QED) is 0.397. The normalized spacial score (nSPS) is 11.0. The molecule has 2 amide bonds. The second-order valence-corrected chi connectivity index (χ2v) is 6.07. The molecule has 0 atom stereocenters. The molecule has 0 radical (unpaired) electrons. The highest BCUT2D eigenvalue weighted by atomic mass is 16.3. The fraction of sp³-hybridized carbons (Fsp3) is 0.182. The number of phenolic OH excluding ortho intramolecular Hbond substituents is 2. The largest absolute Gasteiger partial charge is 0.507 e. The van der Waals surface area contributed by atoms with E-state index in [-0.39, 0.29) is 23.3 Å². The van der Waals surface area contributed by atoms with E-state index in [1.54, 1.807) is 60.7 Å². The molecule has 0 heterocycles. The molecule has 2 aromatic rings. The SMILES string of the molecule is O=C(/C=C/c1ccccc1O)NCCCCNC(=O)/C=C/c1ccccc1O. The summed E-state index contributed by atoms with van der Waals surface area (Å²) in [6, 6.07) is 13.5. The fourth-order valence-corrected chi connectivity index (χ4v) is 2.38. The molecule has 0 saturated heterocycles. The predicted molar refractivity (Wildman–Crippen MR) is 110 cm³/mol. The molecule has 2 aromatic carbocycles. The van der Waals surface area contributed by atoms with Gasteiger partial charge in [0.2, 0.25) is 11.8 Å². The lowest BCUT2D eigenvalue weighted by Crippen LogP contribution is -2.25. The zero-order chi connectivity index (χ0) is 20.2. The number of amides is 2. The molecule has 2 rings (SSSR count). The van der Waals surface area contributed by atoms with Crippen LogP contribution in [0.4, 0.5) is 0 Å². The van der Waals surface area contributed by atoms with Crippen LogP contribution in [0.25, 0.3) is 12.2 Å². The number of para-hydroxylation sites is 2. The van der Waals surface area contributed by atoms with Gasteiger partial charge in [0.25, 0.3) is 0 Å². The lowest BCUT2D eigenvalue weighted by Gasteiger charge is -2.04. The van der Waals surface area contributed by atoms with Crippen LogP contribution in [-0.4, -0.2) is 35.1 Å². The van der Waals surface area contributed by atoms with Gasteiger partial charge < -0.3 is 20.8 Å². The van der Waals surface area contributed by atoms with Gasteiger partial charge in [0.05, 0.1) is 0 Å². The number of aromatic hydroxyl groups is 2. The van der Waals surface area contributed by atoms with E-state index in [2.05, 4.69) is 10.6 Å². The molecule has 0 spiro atoms. The molecule has 0 unspecified atom stereocenters. The summed E-state index contributed by atoms with van der Waals surface area (Å²) in [4.78, 5) is 23.5. The van der Waals surface area contributed by atoms with Gasteiger partial charge >= 0.3 is 0 Å². The zero-order valence-electron chi connectivity index (χ0n) is 15.5. The van der Waals surface area contributed by atoms with Gasteiger partial charge in [0.1, 0.15) is 11.5 Å². The first kappa shape index (κ1) is 20.8. The average Bonchev–Trinajstić information content (AvgIpc) is 2.69. The van der Waals surface area contributed by atoms with Gasteiger partial charge in [0, 0.05) is 36.4 Å². The Morgan fingerprint density at radius 1 is 0.714 bits per heavy atom. The number of rotatable bonds is 9. The number of nitrogens with one attached hydrogen (secondary N) is 2. The summed E-state index contributed by atoms with van der Waals surface area (Å²) in [6.07, 6.45) is 7.31. The molecule has 0 saturated carbocycles. The summed E-state index contributed by atoms with van der Waals surface area (Å²) in [5.41, 5.74) is 1.16. The molecule has 0 aliphatic heterocycles. The number of carbonyl (C=O) groups excluding carboxylic acids is 2. The third kappa shape index (κ3) is 7.37. The molecule has 6 heteroatoms. The Morgan fingerprint density at radius 2 is 1.11 bits per heavy atom. The number of benzene rings is 2. The standard InChI is InChI=1S/C22H24N2O4/c25-19-9-3-1-7-17(19)11-13-21(27)23-15-5-6-16-24-22(28)14-12-18-8-2-4-10-20(18)26/h1-4,7-14,25-26H,5-6,15-16H2,(H,23,27)(H,24,28)/b13-11+,14-12+. The van der Waals surface area contributed by atoms with Crippen LogP contribution in [0, 0.1) is 0 Å². The van der Waals surface area contributed by atoms with Crippen molar-refractivity contribution in [2.45, 2.75) is 12.8 Å². The first-order chi connectivity index (χ1) is 13.6. The average molecular weight is 380 g/mol. The lowest BCUT2D eigenvalue weighted by molar-refractivity contribution is -0.117. The van der Waals surface area contributed by atoms with Crippen LogP contribution >= 0.6 is 0 Å². The number of carbonyl (C=O) groups is 2. The number of unbranched alkanes of at least 4 members (excludes halogenated alkanes) is 1. The minimum Gasteiger partial charge on any atom is -0.507 e. The van der Waals surface area contributed by atoms with Crippen molar-refractivity contribution < 1.29 is 19.8 Å². The molecule has 0 fully saturated rings. The molecule has 6 nitrogen and oxygen atoms in total. The van der Waals surface area contributed by atoms with Crippen molar-refractivity contribution >= 4 is 24.0 Å². The van der Waals surface area contributed by atoms with Crippen LogP contribution in [0.1, 0.15) is 24.0 Å². The van der Waals surface area contributed by atoms with Crippen molar-refractivity contribution in [3.63, 3.8) is 0 Å². The topological polar surface area (TPSA) is 98.7 Å². The van der Waals surface area contributed by atoms with E-state index in [9.17, 15) is 19.8 Å². The van der Waals surface area contributed by atoms with Crippen LogP contribution < -0.4 is 10.6 Å². The Bertz CT molecular complexity index is 788. The molecule has 146 valence electrons. The summed E-state index contributed by atoms with van der Waals surface area (Å²) in [6.45, 7) is 0.987. The molecule has 0 bridgehead atoms. The van der Waals surface area contributed by atoms with Crippen molar-refractivity contribution in [1.29, 1.82) is 0 Å². The highest BCUT2D eigenvalue weighted by Crippen LogP contribution is 2.17. The Morgan fingerprint density at radius 3 is 1.50 bits per heavy atom. The third-order valence-electron chi connectivity index (χ3n) is 3.90. The maximum Gasteiger partial charge on any atom is 0.244 e. The molecular formula is C22H24N2O4. The minimum atomic E-state index is -0.238. The van der Waals surface area contributed by atoms with Gasteiger partial charge in [-0.15, -0.1) is 0 Å². The van der Waals surface area contributed by atoms with Crippen LogP contribution in [0.3, 0.4) is 0 Å². The second kappa shape index (κ2) is 11.2. The Labute approximate surface area is 164 Å². The lowest BCUT2D eigenvalue weighted by atomic mass is 10.2. The second-order valence-electron chi connectivity index (χ2n) is 6.07. The molecule has 4 N–H and O–H groups in total. The highest BCUT2D eigenvalue weighted by Gasteiger charge is 2.00. The van der Waals surface area contributed by atoms with Crippen LogP contribution in [0.15, 0.2) is 60.7 Å². The van der Waals surface area contributed by atoms with Crippen LogP contribution in [0.2, 0.25) is 0 Å². The molecule has 28 heavy (non-hydrogen) atoms. The summed E-state index contributed by atoms with van der Waals surface area (Å²) in [5, 5.41) is 24.7. The van der Waals surface area contributed by atoms with Crippen molar-refractivity contribution in [2.24, 2.45) is 0 Å². The smallest absolute Gasteiger partial charge is 0.244 e. The van der Waals surface area contributed by atoms with Gasteiger partial charge in [-0.2, -0.15) is 0 Å². The number of phenols is 2. The van der Waals surface area contributed by atoms with Crippen molar-refractivity contribution in [3.05, 3.63) is 71.8 Å². The first-order valence-corrected chi connectivity index (χ1v) is 9.04. The van der Waals surface area contributed by atoms with Crippen LogP contribution in [-0.2, 0) is 9.59 Å². The Kier molecular flexibility index (Phi) is 8.33. The van der Waals surface area contributed by atoms with E-state index >= 15 is 0 Å². The Hall–Kier alpha value is -3.54. The van der Waals surface area contributed by atoms with E-state index < -0.39 is 0 Å². The molecular weight excluding hydrogens is 356 g/mol. The fourth-order valence-electron chi connectivity index (χ4n) is 2.38. The molecule has 0 aliphatic rings. The maximum atomic E-state index is 11.7. The van der Waals surface area contributed by atoms with E-state index in [0.717, 1.165) is 12.8 Å². The molecule has 0 aromatic heterocycles. The summed E-state index contributed by atoms with van der Waals surface area (Å²) >= 11 is 0. The first-order valence-electron chi connectivity index (χ1n) is 9.04. The van der Waals surface area contributed by atoms with Crippen molar-refractivity contribution in [1.82, 2.24) is 10.6 Å². The third-order valence-corrected chi connectivity index (χ3v) is 3.90. The van der Waals surface area contributed by atoms with Crippen LogP contribution in [0.5, 0.6) is 11.5 Å². The minimum absolute atomic E-state index is 0.124. The van der Waals surface area contributed by atoms with Crippen molar-refractivity contribution in [2.75, 3.05) is 13.1 Å². The van der Waals surface area contributed by atoms with Gasteiger partial charge in [-0.25, -0.2) is 0 Å². The van der Waals surface area contributed by atoms with E-state index in [0.29, 0.717) is 24.2 Å². The monoisotopic (exact) mass is 380 g/mol. The van der Waals surface area contributed by atoms with Gasteiger partial charge in [0.15, 0.2) is 0 Å². The maximum absolute atomic E-state index is 11.7. The number of hydrogen-bond acceptors (Lipinski definition) is 4. The Balaban J connectivity index is 1.59. The van der Waals surface area contributed by atoms with E-state index in [1.807, 2.05) is 0 Å². The van der Waals surface area contributed by atoms with Gasteiger partial charge in [-0.3, -0.25) is 9.59 Å². The van der Waals surface area contributed by atoms with E-state index in [1.165, 1.54) is 12.2 Å². The summed E-state index contributed by atoms with van der Waals surface area (Å²) in [7, 11) is 0. The predicted octanol–water partition coefficient (Wildman–Crippen LogP) is 2.84. The number of hydrogen-bond donors (Lipinski definition) is 4. The zero-order valence-corrected chi connectivity index (χ0v) is 15.5. The highest BCUT2D eigenvalue weighted by molar-refractivity contribution is 5.92. The van der Waals surface area contributed by atoms with Gasteiger partial charge in [-0.1, -0.05) is 36.4 Å².